The highest BCUT2D eigenvalue weighted by Crippen LogP contribution is 2.40. The van der Waals surface area contributed by atoms with Crippen molar-refractivity contribution >= 4 is 15.8 Å². The van der Waals surface area contributed by atoms with Crippen LogP contribution in [0.4, 0.5) is 0 Å². The third kappa shape index (κ3) is 3.35. The third-order valence-electron chi connectivity index (χ3n) is 4.83. The molecule has 1 aromatic carbocycles. The fraction of sp³-hybridized carbons (Fsp3) is 0.227. The molecule has 0 heterocycles. The van der Waals surface area contributed by atoms with Gasteiger partial charge in [-0.25, -0.2) is 13.2 Å². The zero-order valence-corrected chi connectivity index (χ0v) is 16.6. The van der Waals surface area contributed by atoms with Gasteiger partial charge in [0.05, 0.1) is 15.4 Å². The van der Waals surface area contributed by atoms with Crippen LogP contribution in [-0.2, 0) is 9.84 Å². The fourth-order valence-electron chi connectivity index (χ4n) is 3.21. The van der Waals surface area contributed by atoms with E-state index >= 15 is 0 Å². The molecule has 0 saturated heterocycles. The van der Waals surface area contributed by atoms with Crippen molar-refractivity contribution in [1.29, 1.82) is 0 Å². The molecular weight excluding hydrogens is 360 g/mol. The van der Waals surface area contributed by atoms with Crippen LogP contribution in [-0.4, -0.2) is 19.5 Å². The van der Waals surface area contributed by atoms with Crippen LogP contribution < -0.4 is 0 Å². The first-order chi connectivity index (χ1) is 12.6. The number of rotatable bonds is 4. The van der Waals surface area contributed by atoms with Gasteiger partial charge in [-0.3, -0.25) is 0 Å². The Hall–Kier alpha value is -2.66. The van der Waals surface area contributed by atoms with E-state index < -0.39 is 15.8 Å². The Morgan fingerprint density at radius 1 is 0.963 bits per heavy atom. The zero-order chi connectivity index (χ0) is 19.9. The molecule has 0 bridgehead atoms. The lowest BCUT2D eigenvalue weighted by Crippen LogP contribution is -2.05. The highest BCUT2D eigenvalue weighted by Gasteiger charge is 2.29. The summed E-state index contributed by atoms with van der Waals surface area (Å²) in [7, 11) is -3.84. The zero-order valence-electron chi connectivity index (χ0n) is 15.8. The quantitative estimate of drug-likeness (QED) is 0.684. The summed E-state index contributed by atoms with van der Waals surface area (Å²) in [6.07, 6.45) is 0. The summed E-state index contributed by atoms with van der Waals surface area (Å²) < 4.78 is 26.6. The number of hydrogen-bond acceptors (Lipinski definition) is 3. The maximum absolute atomic E-state index is 13.3. The maximum Gasteiger partial charge on any atom is 0.336 e. The Bertz CT molecular complexity index is 1090. The molecule has 0 unspecified atom stereocenters. The largest absolute Gasteiger partial charge is 0.478 e. The van der Waals surface area contributed by atoms with Crippen molar-refractivity contribution in [3.05, 3.63) is 70.8 Å². The SMILES string of the molecule is Cc1ccc(S(=O)(=O)c2cc(C)c3cc(C(C)C)ccc(C(=O)O)c2-3)cc1. The first-order valence-electron chi connectivity index (χ1n) is 8.75. The van der Waals surface area contributed by atoms with Crippen LogP contribution in [0, 0.1) is 13.8 Å². The molecule has 0 radical (unpaired) electrons. The second-order valence-corrected chi connectivity index (χ2v) is 9.07. The van der Waals surface area contributed by atoms with Gasteiger partial charge in [-0.2, -0.15) is 0 Å². The molecule has 0 amide bonds. The average Bonchev–Trinajstić information content (AvgIpc) is 2.79. The van der Waals surface area contributed by atoms with Crippen molar-refractivity contribution in [2.75, 3.05) is 0 Å². The number of aryl methyl sites for hydroxylation is 2. The van der Waals surface area contributed by atoms with E-state index in [1.807, 2.05) is 33.8 Å². The first-order valence-corrected chi connectivity index (χ1v) is 10.2. The van der Waals surface area contributed by atoms with Crippen LogP contribution in [0.1, 0.15) is 46.8 Å². The van der Waals surface area contributed by atoms with Crippen molar-refractivity contribution in [2.24, 2.45) is 0 Å². The van der Waals surface area contributed by atoms with Gasteiger partial charge in [0.1, 0.15) is 0 Å². The summed E-state index contributed by atoms with van der Waals surface area (Å²) >= 11 is 0. The molecule has 140 valence electrons. The number of aromatic carboxylic acids is 1. The smallest absolute Gasteiger partial charge is 0.336 e. The molecule has 0 aliphatic heterocycles. The molecule has 0 spiro atoms. The fourth-order valence-corrected chi connectivity index (χ4v) is 4.78. The van der Waals surface area contributed by atoms with Crippen molar-refractivity contribution in [1.82, 2.24) is 0 Å². The number of carboxylic acids is 1. The predicted octanol–water partition coefficient (Wildman–Crippen LogP) is 5.06. The lowest BCUT2D eigenvalue weighted by molar-refractivity contribution is 0.0697. The van der Waals surface area contributed by atoms with Crippen molar-refractivity contribution in [2.45, 2.75) is 43.4 Å². The molecule has 27 heavy (non-hydrogen) atoms. The molecule has 2 aliphatic carbocycles. The predicted molar refractivity (Wildman–Crippen MR) is 105 cm³/mol. The van der Waals surface area contributed by atoms with Crippen LogP contribution in [0.5, 0.6) is 0 Å². The molecule has 5 heteroatoms. The number of carbonyl (C=O) groups is 1. The van der Waals surface area contributed by atoms with E-state index in [9.17, 15) is 18.3 Å². The van der Waals surface area contributed by atoms with Crippen molar-refractivity contribution in [3.63, 3.8) is 0 Å². The van der Waals surface area contributed by atoms with E-state index in [1.54, 1.807) is 36.4 Å². The van der Waals surface area contributed by atoms with Gasteiger partial charge in [-0.1, -0.05) is 43.7 Å². The Kier molecular flexibility index (Phi) is 4.82. The van der Waals surface area contributed by atoms with Crippen LogP contribution in [0.3, 0.4) is 0 Å². The Morgan fingerprint density at radius 2 is 1.59 bits per heavy atom. The second kappa shape index (κ2) is 6.82. The monoisotopic (exact) mass is 382 g/mol. The van der Waals surface area contributed by atoms with Crippen LogP contribution in [0.2, 0.25) is 0 Å². The normalized spacial score (nSPS) is 11.9. The number of sulfone groups is 1. The Balaban J connectivity index is 2.36. The molecule has 4 nitrogen and oxygen atoms in total. The molecule has 1 N–H and O–H groups in total. The first kappa shape index (κ1) is 19.1. The van der Waals surface area contributed by atoms with Gasteiger partial charge in [0.15, 0.2) is 0 Å². The van der Waals surface area contributed by atoms with Gasteiger partial charge in [0, 0.05) is 5.56 Å². The summed E-state index contributed by atoms with van der Waals surface area (Å²) in [5.74, 6) is -0.953. The second-order valence-electron chi connectivity index (χ2n) is 7.15. The van der Waals surface area contributed by atoms with Gasteiger partial charge in [-0.05, 0) is 60.7 Å². The van der Waals surface area contributed by atoms with Crippen LogP contribution >= 0.6 is 0 Å². The minimum absolute atomic E-state index is 0.00399. The third-order valence-corrected chi connectivity index (χ3v) is 6.62. The Labute approximate surface area is 159 Å². The molecule has 0 fully saturated rings. The van der Waals surface area contributed by atoms with Gasteiger partial charge in [-0.15, -0.1) is 0 Å². The van der Waals surface area contributed by atoms with E-state index in [0.717, 1.165) is 16.7 Å². The lowest BCUT2D eigenvalue weighted by Gasteiger charge is -2.08. The van der Waals surface area contributed by atoms with Crippen LogP contribution in [0.25, 0.3) is 11.1 Å². The number of benzene rings is 1. The van der Waals surface area contributed by atoms with Gasteiger partial charge in [0.2, 0.25) is 9.84 Å². The topological polar surface area (TPSA) is 71.4 Å². The maximum atomic E-state index is 13.3. The van der Waals surface area contributed by atoms with E-state index in [1.165, 1.54) is 6.07 Å². The molecular formula is C22H22O4S. The standard InChI is InChI=1S/C22H22O4S/c1-13(2)16-7-10-18(22(23)24)21-19(12-16)15(4)11-20(21)27(25,26)17-8-5-14(3)6-9-17/h5-13H,1-4H3,(H,23,24). The lowest BCUT2D eigenvalue weighted by atomic mass is 10.0. The molecule has 3 rings (SSSR count). The van der Waals surface area contributed by atoms with E-state index in [4.69, 9.17) is 0 Å². The summed E-state index contributed by atoms with van der Waals surface area (Å²) in [4.78, 5) is 12.1. The molecule has 1 aromatic rings. The van der Waals surface area contributed by atoms with E-state index in [0.29, 0.717) is 5.56 Å². The minimum Gasteiger partial charge on any atom is -0.478 e. The molecule has 0 atom stereocenters. The molecule has 2 aliphatic rings. The van der Waals surface area contributed by atoms with Gasteiger partial charge in [0.25, 0.3) is 0 Å². The van der Waals surface area contributed by atoms with Gasteiger partial charge < -0.3 is 5.11 Å². The van der Waals surface area contributed by atoms with E-state index in [2.05, 4.69) is 0 Å². The average molecular weight is 382 g/mol. The summed E-state index contributed by atoms with van der Waals surface area (Å²) in [6, 6.07) is 13.3. The van der Waals surface area contributed by atoms with Crippen molar-refractivity contribution in [3.8, 4) is 11.1 Å². The number of hydrogen-bond donors (Lipinski definition) is 1. The van der Waals surface area contributed by atoms with E-state index in [-0.39, 0.29) is 26.8 Å². The summed E-state index contributed by atoms with van der Waals surface area (Å²) in [5, 5.41) is 9.74. The van der Waals surface area contributed by atoms with Crippen molar-refractivity contribution < 1.29 is 18.3 Å². The molecule has 0 aromatic heterocycles. The summed E-state index contributed by atoms with van der Waals surface area (Å²) in [5.41, 5.74) is 3.59. The van der Waals surface area contributed by atoms with Crippen LogP contribution in [0.15, 0.2) is 58.3 Å². The highest BCUT2D eigenvalue weighted by atomic mass is 32.2. The van der Waals surface area contributed by atoms with Gasteiger partial charge >= 0.3 is 5.97 Å². The number of fused-ring (bicyclic) bond motifs is 1. The molecule has 0 saturated carbocycles. The highest BCUT2D eigenvalue weighted by molar-refractivity contribution is 7.91. The number of carboxylic acid groups (broad SMARTS) is 1. The minimum atomic E-state index is -3.84. The summed E-state index contributed by atoms with van der Waals surface area (Å²) in [6.45, 7) is 7.73. The Morgan fingerprint density at radius 3 is 2.15 bits per heavy atom.